The third-order valence-corrected chi connectivity index (χ3v) is 6.46. The Labute approximate surface area is 190 Å². The molecule has 1 aromatic heterocycles. The Morgan fingerprint density at radius 1 is 1.25 bits per heavy atom. The zero-order valence-corrected chi connectivity index (χ0v) is 18.8. The Kier molecular flexibility index (Phi) is 6.11. The van der Waals surface area contributed by atoms with E-state index in [1.54, 1.807) is 25.3 Å². The number of fused-ring (bicyclic) bond motifs is 1. The highest BCUT2D eigenvalue weighted by atomic mass is 35.5. The number of nitriles is 1. The highest BCUT2D eigenvalue weighted by molar-refractivity contribution is 6.33. The summed E-state index contributed by atoms with van der Waals surface area (Å²) in [7, 11) is 4.99. The van der Waals surface area contributed by atoms with Crippen LogP contribution in [0.3, 0.4) is 0 Å². The van der Waals surface area contributed by atoms with E-state index >= 15 is 0 Å². The molecule has 8 heteroatoms. The van der Waals surface area contributed by atoms with E-state index in [4.69, 9.17) is 30.8 Å². The first-order valence-corrected chi connectivity index (χ1v) is 10.5. The monoisotopic (exact) mass is 454 g/mol. The lowest BCUT2D eigenvalue weighted by molar-refractivity contribution is 0.171. The number of hydrogen-bond acceptors (Lipinski definition) is 7. The van der Waals surface area contributed by atoms with Crippen LogP contribution in [0.5, 0.6) is 11.5 Å². The molecular weight excluding hydrogens is 432 g/mol. The van der Waals surface area contributed by atoms with Crippen LogP contribution >= 0.6 is 11.6 Å². The molecule has 0 radical (unpaired) electrons. The molecule has 0 saturated carbocycles. The average Bonchev–Trinajstić information content (AvgIpc) is 3.17. The third kappa shape index (κ3) is 3.61. The number of rotatable bonds is 5. The van der Waals surface area contributed by atoms with Crippen molar-refractivity contribution in [2.24, 2.45) is 0 Å². The summed E-state index contributed by atoms with van der Waals surface area (Å²) in [6.45, 7) is 0.751. The van der Waals surface area contributed by atoms with Crippen LogP contribution in [-0.4, -0.2) is 50.5 Å². The highest BCUT2D eigenvalue weighted by Gasteiger charge is 2.37. The first-order chi connectivity index (χ1) is 15.4. The van der Waals surface area contributed by atoms with Crippen LogP contribution in [0.15, 0.2) is 39.5 Å². The molecule has 2 heterocycles. The van der Waals surface area contributed by atoms with Gasteiger partial charge in [-0.25, -0.2) is 0 Å². The minimum Gasteiger partial charge on any atom is -0.496 e. The molecule has 166 valence electrons. The SMILES string of the molecule is COc1cc(OC)c2c(=O)cc(-c3ccc(C#N)cc3Cl)oc2c1C1CCN(C)C1CO. The van der Waals surface area contributed by atoms with Crippen LogP contribution < -0.4 is 14.9 Å². The number of aliphatic hydroxyl groups excluding tert-OH is 1. The van der Waals surface area contributed by atoms with Crippen LogP contribution in [0.25, 0.3) is 22.3 Å². The van der Waals surface area contributed by atoms with E-state index in [-0.39, 0.29) is 29.8 Å². The predicted octanol–water partition coefficient (Wildman–Crippen LogP) is 3.78. The predicted molar refractivity (Wildman–Crippen MR) is 122 cm³/mol. The second-order valence-corrected chi connectivity index (χ2v) is 8.21. The number of hydrogen-bond donors (Lipinski definition) is 1. The molecule has 4 rings (SSSR count). The van der Waals surface area contributed by atoms with Crippen molar-refractivity contribution in [3.63, 3.8) is 0 Å². The Morgan fingerprint density at radius 2 is 2.00 bits per heavy atom. The molecule has 2 aromatic carbocycles. The van der Waals surface area contributed by atoms with Crippen LogP contribution in [0.1, 0.15) is 23.5 Å². The Balaban J connectivity index is 2.05. The van der Waals surface area contributed by atoms with Gasteiger partial charge < -0.3 is 23.9 Å². The highest BCUT2D eigenvalue weighted by Crippen LogP contribution is 2.45. The topological polar surface area (TPSA) is 95.9 Å². The summed E-state index contributed by atoms with van der Waals surface area (Å²) in [6.07, 6.45) is 0.769. The molecule has 2 unspecified atom stereocenters. The van der Waals surface area contributed by atoms with Gasteiger partial charge in [0, 0.05) is 35.2 Å². The summed E-state index contributed by atoms with van der Waals surface area (Å²) in [5.74, 6) is 1.04. The lowest BCUT2D eigenvalue weighted by Gasteiger charge is -2.25. The van der Waals surface area contributed by atoms with Gasteiger partial charge in [-0.05, 0) is 38.2 Å². The first-order valence-electron chi connectivity index (χ1n) is 10.2. The van der Waals surface area contributed by atoms with Gasteiger partial charge in [-0.3, -0.25) is 4.79 Å². The van der Waals surface area contributed by atoms with E-state index in [0.717, 1.165) is 18.5 Å². The van der Waals surface area contributed by atoms with Crippen molar-refractivity contribution in [3.05, 3.63) is 56.7 Å². The number of halogens is 1. The first kappa shape index (κ1) is 22.2. The molecule has 32 heavy (non-hydrogen) atoms. The van der Waals surface area contributed by atoms with Crippen molar-refractivity contribution < 1.29 is 19.0 Å². The van der Waals surface area contributed by atoms with Gasteiger partial charge in [-0.2, -0.15) is 5.26 Å². The molecule has 1 saturated heterocycles. The van der Waals surface area contributed by atoms with Crippen LogP contribution in [0.2, 0.25) is 5.02 Å². The molecule has 1 N–H and O–H groups in total. The summed E-state index contributed by atoms with van der Waals surface area (Å²) in [6, 6.07) is 9.76. The van der Waals surface area contributed by atoms with E-state index in [0.29, 0.717) is 38.6 Å². The second kappa shape index (κ2) is 8.83. The standard InChI is InChI=1S/C24H23ClN2O5/c1-27-7-6-15(17(27)12-28)22-20(30-2)10-21(31-3)23-18(29)9-19(32-24(22)23)14-5-4-13(11-26)8-16(14)25/h4-5,8-10,15,17,28H,6-7,12H2,1-3H3. The number of likely N-dealkylation sites (tertiary alicyclic amines) is 1. The molecule has 2 atom stereocenters. The minimum absolute atomic E-state index is 0.0385. The molecule has 0 spiro atoms. The van der Waals surface area contributed by atoms with Gasteiger partial charge in [0.1, 0.15) is 28.2 Å². The fourth-order valence-electron chi connectivity index (χ4n) is 4.51. The molecule has 7 nitrogen and oxygen atoms in total. The Bertz CT molecular complexity index is 1280. The van der Waals surface area contributed by atoms with E-state index < -0.39 is 0 Å². The number of nitrogens with zero attached hydrogens (tertiary/aromatic N) is 2. The van der Waals surface area contributed by atoms with Gasteiger partial charge in [0.15, 0.2) is 5.43 Å². The van der Waals surface area contributed by atoms with E-state index in [1.165, 1.54) is 19.2 Å². The molecule has 3 aromatic rings. The van der Waals surface area contributed by atoms with Crippen LogP contribution in [-0.2, 0) is 0 Å². The van der Waals surface area contributed by atoms with Gasteiger partial charge >= 0.3 is 0 Å². The smallest absolute Gasteiger partial charge is 0.197 e. The normalized spacial score (nSPS) is 18.6. The zero-order chi connectivity index (χ0) is 23.0. The van der Waals surface area contributed by atoms with Crippen molar-refractivity contribution >= 4 is 22.6 Å². The summed E-state index contributed by atoms with van der Waals surface area (Å²) in [4.78, 5) is 15.3. The molecule has 1 aliphatic rings. The van der Waals surface area contributed by atoms with Crippen molar-refractivity contribution in [1.82, 2.24) is 4.90 Å². The molecular formula is C24H23ClN2O5. The lowest BCUT2D eigenvalue weighted by atomic mass is 9.89. The maximum atomic E-state index is 13.2. The summed E-state index contributed by atoms with van der Waals surface area (Å²) in [5, 5.41) is 19.8. The molecule has 1 aliphatic heterocycles. The minimum atomic E-state index is -0.283. The number of ether oxygens (including phenoxy) is 2. The third-order valence-electron chi connectivity index (χ3n) is 6.15. The largest absolute Gasteiger partial charge is 0.496 e. The van der Waals surface area contributed by atoms with Crippen molar-refractivity contribution in [3.8, 4) is 28.9 Å². The van der Waals surface area contributed by atoms with E-state index in [1.807, 2.05) is 13.1 Å². The van der Waals surface area contributed by atoms with Gasteiger partial charge in [0.05, 0.1) is 37.5 Å². The quantitative estimate of drug-likeness (QED) is 0.626. The van der Waals surface area contributed by atoms with E-state index in [2.05, 4.69) is 4.90 Å². The van der Waals surface area contributed by atoms with Crippen LogP contribution in [0, 0.1) is 11.3 Å². The summed E-state index contributed by atoms with van der Waals surface area (Å²) < 4.78 is 17.5. The average molecular weight is 455 g/mol. The summed E-state index contributed by atoms with van der Waals surface area (Å²) >= 11 is 6.39. The second-order valence-electron chi connectivity index (χ2n) is 7.81. The van der Waals surface area contributed by atoms with E-state index in [9.17, 15) is 9.90 Å². The van der Waals surface area contributed by atoms with Gasteiger partial charge in [0.2, 0.25) is 0 Å². The van der Waals surface area contributed by atoms with Crippen LogP contribution in [0.4, 0.5) is 0 Å². The fraction of sp³-hybridized carbons (Fsp3) is 0.333. The number of methoxy groups -OCH3 is 2. The van der Waals surface area contributed by atoms with Crippen molar-refractivity contribution in [2.75, 3.05) is 34.4 Å². The van der Waals surface area contributed by atoms with Crippen molar-refractivity contribution in [1.29, 1.82) is 5.26 Å². The summed E-state index contributed by atoms with van der Waals surface area (Å²) in [5.41, 5.74) is 1.69. The Hall–Kier alpha value is -3.05. The maximum Gasteiger partial charge on any atom is 0.197 e. The van der Waals surface area contributed by atoms with Crippen molar-refractivity contribution in [2.45, 2.75) is 18.4 Å². The number of likely N-dealkylation sites (N-methyl/N-ethyl adjacent to an activating group) is 1. The van der Waals surface area contributed by atoms with Gasteiger partial charge in [-0.15, -0.1) is 0 Å². The maximum absolute atomic E-state index is 13.2. The van der Waals surface area contributed by atoms with Gasteiger partial charge in [-0.1, -0.05) is 11.6 Å². The molecule has 0 aliphatic carbocycles. The number of aliphatic hydroxyl groups is 1. The molecule has 0 amide bonds. The Morgan fingerprint density at radius 3 is 2.62 bits per heavy atom. The lowest BCUT2D eigenvalue weighted by Crippen LogP contribution is -2.32. The van der Waals surface area contributed by atoms with Gasteiger partial charge in [0.25, 0.3) is 0 Å². The fourth-order valence-corrected chi connectivity index (χ4v) is 4.78. The zero-order valence-electron chi connectivity index (χ0n) is 18.0. The molecule has 1 fully saturated rings. The number of benzene rings is 2. The molecule has 0 bridgehead atoms.